The Morgan fingerprint density at radius 1 is 1.19 bits per heavy atom. The van der Waals surface area contributed by atoms with Crippen molar-refractivity contribution in [2.24, 2.45) is 0 Å². The molecule has 0 amide bonds. The quantitative estimate of drug-likeness (QED) is 0.208. The fraction of sp³-hybridized carbons (Fsp3) is 0.300. The summed E-state index contributed by atoms with van der Waals surface area (Å²) in [6, 6.07) is 9.51. The third-order valence-corrected chi connectivity index (χ3v) is 7.11. The van der Waals surface area contributed by atoms with Crippen LogP contribution in [-0.2, 0) is 14.3 Å². The van der Waals surface area contributed by atoms with E-state index in [0.29, 0.717) is 4.43 Å². The lowest BCUT2D eigenvalue weighted by Gasteiger charge is -2.42. The molecule has 2 aromatic rings. The molecule has 7 heteroatoms. The molecule has 5 nitrogen and oxygen atoms in total. The average Bonchev–Trinajstić information content (AvgIpc) is 2.87. The summed E-state index contributed by atoms with van der Waals surface area (Å²) in [6.07, 6.45) is 3.96. The van der Waals surface area contributed by atoms with Crippen LogP contribution in [0.25, 0.3) is 6.08 Å². The highest BCUT2D eigenvalue weighted by Crippen LogP contribution is 2.53. The summed E-state index contributed by atoms with van der Waals surface area (Å²) in [5.74, 6) is 0.724. The lowest BCUT2D eigenvalue weighted by atomic mass is 9.75. The Labute approximate surface area is 185 Å². The van der Waals surface area contributed by atoms with Crippen molar-refractivity contribution in [2.45, 2.75) is 33.8 Å². The molecule has 2 heterocycles. The molecule has 0 fully saturated rings. The van der Waals surface area contributed by atoms with E-state index < -0.39 is 5.72 Å². The van der Waals surface area contributed by atoms with Gasteiger partial charge in [-0.3, -0.25) is 10.1 Å². The number of non-ortho nitro benzene ring substituents is 1. The van der Waals surface area contributed by atoms with Crippen molar-refractivity contribution >= 4 is 62.6 Å². The summed E-state index contributed by atoms with van der Waals surface area (Å²) in [4.78, 5) is 10.9. The number of alkyl halides is 2. The number of hydrogen-bond acceptors (Lipinski definition) is 4. The molecule has 2 aromatic carbocycles. The number of nitro groups is 1. The third kappa shape index (κ3) is 2.76. The van der Waals surface area contributed by atoms with Crippen LogP contribution in [0.15, 0.2) is 36.4 Å². The van der Waals surface area contributed by atoms with Gasteiger partial charge in [-0.2, -0.15) is 0 Å². The fourth-order valence-corrected chi connectivity index (χ4v) is 5.25. The molecule has 0 aromatic heterocycles. The molecule has 0 saturated heterocycles. The van der Waals surface area contributed by atoms with Gasteiger partial charge in [0.05, 0.1) is 10.3 Å². The smallest absolute Gasteiger partial charge is 0.270 e. The maximum absolute atomic E-state index is 11.3. The minimum absolute atomic E-state index is 0.0961. The average molecular weight is 588 g/mol. The molecular formula is C20H18I2N2O3. The highest BCUT2D eigenvalue weighted by Gasteiger charge is 2.55. The summed E-state index contributed by atoms with van der Waals surface area (Å²) in [7, 11) is 0. The SMILES string of the molecule is CC1(C)c2c(CI)cccc2NC12C=Cc1cc([N+](=O)[O-])cc(CI)c1O2. The standard InChI is InChI=1S/C20H18I2N2O3/c1-19(2)17-13(10-21)4-3-5-16(17)23-20(19)7-6-12-8-15(24(25)26)9-14(11-22)18(12)27-20/h3-9,23H,10-11H2,1-2H3. The zero-order chi connectivity index (χ0) is 19.4. The van der Waals surface area contributed by atoms with Gasteiger partial charge in [-0.05, 0) is 43.2 Å². The van der Waals surface area contributed by atoms with Gasteiger partial charge in [0.25, 0.3) is 5.69 Å². The molecule has 1 atom stereocenters. The normalized spacial score (nSPS) is 21.3. The van der Waals surface area contributed by atoms with Gasteiger partial charge in [-0.25, -0.2) is 0 Å². The van der Waals surface area contributed by atoms with Crippen LogP contribution < -0.4 is 10.1 Å². The van der Waals surface area contributed by atoms with E-state index in [4.69, 9.17) is 4.74 Å². The molecular weight excluding hydrogens is 570 g/mol. The van der Waals surface area contributed by atoms with E-state index >= 15 is 0 Å². The van der Waals surface area contributed by atoms with Crippen molar-refractivity contribution in [3.8, 4) is 5.75 Å². The van der Waals surface area contributed by atoms with E-state index in [9.17, 15) is 10.1 Å². The molecule has 27 heavy (non-hydrogen) atoms. The van der Waals surface area contributed by atoms with Crippen molar-refractivity contribution in [1.82, 2.24) is 0 Å². The lowest BCUT2D eigenvalue weighted by Crippen LogP contribution is -2.53. The molecule has 2 aliphatic heterocycles. The molecule has 140 valence electrons. The number of nitro benzene ring substituents is 1. The summed E-state index contributed by atoms with van der Waals surface area (Å²) >= 11 is 4.62. The number of nitrogens with one attached hydrogen (secondary N) is 1. The zero-order valence-corrected chi connectivity index (χ0v) is 19.2. The maximum Gasteiger partial charge on any atom is 0.270 e. The second-order valence-electron chi connectivity index (χ2n) is 7.31. The molecule has 0 aliphatic carbocycles. The molecule has 0 radical (unpaired) electrons. The predicted octanol–water partition coefficient (Wildman–Crippen LogP) is 5.97. The fourth-order valence-electron chi connectivity index (χ4n) is 4.05. The molecule has 1 unspecified atom stereocenters. The number of nitrogens with zero attached hydrogens (tertiary/aromatic N) is 1. The molecule has 1 spiro atoms. The number of anilines is 1. The number of halogens is 2. The van der Waals surface area contributed by atoms with Crippen LogP contribution in [-0.4, -0.2) is 10.6 Å². The van der Waals surface area contributed by atoms with Crippen LogP contribution in [0.5, 0.6) is 5.75 Å². The minimum atomic E-state index is -0.721. The first-order valence-corrected chi connectivity index (χ1v) is 11.6. The van der Waals surface area contributed by atoms with Gasteiger partial charge >= 0.3 is 0 Å². The summed E-state index contributed by atoms with van der Waals surface area (Å²) in [5, 5.41) is 14.8. The van der Waals surface area contributed by atoms with Gasteiger partial charge in [-0.1, -0.05) is 57.3 Å². The van der Waals surface area contributed by atoms with Crippen LogP contribution in [0.4, 0.5) is 11.4 Å². The van der Waals surface area contributed by atoms with Crippen molar-refractivity contribution in [3.05, 3.63) is 68.8 Å². The van der Waals surface area contributed by atoms with Gasteiger partial charge in [-0.15, -0.1) is 0 Å². The first-order valence-electron chi connectivity index (χ1n) is 8.55. The molecule has 2 aliphatic rings. The van der Waals surface area contributed by atoms with Crippen LogP contribution in [0.1, 0.15) is 36.1 Å². The molecule has 0 bridgehead atoms. The van der Waals surface area contributed by atoms with Gasteiger partial charge in [0, 0.05) is 37.8 Å². The highest BCUT2D eigenvalue weighted by atomic mass is 127. The van der Waals surface area contributed by atoms with E-state index in [1.54, 1.807) is 12.1 Å². The van der Waals surface area contributed by atoms with Gasteiger partial charge in [0.15, 0.2) is 0 Å². The Morgan fingerprint density at radius 3 is 2.59 bits per heavy atom. The summed E-state index contributed by atoms with van der Waals surface area (Å²) in [6.45, 7) is 4.37. The predicted molar refractivity (Wildman–Crippen MR) is 124 cm³/mol. The van der Waals surface area contributed by atoms with Crippen LogP contribution in [0.2, 0.25) is 0 Å². The molecule has 0 saturated carbocycles. The summed E-state index contributed by atoms with van der Waals surface area (Å²) in [5.41, 5.74) is 4.31. The monoisotopic (exact) mass is 588 g/mol. The Balaban J connectivity index is 1.86. The maximum atomic E-state index is 11.3. The number of ether oxygens (including phenoxy) is 1. The van der Waals surface area contributed by atoms with Crippen molar-refractivity contribution in [3.63, 3.8) is 0 Å². The van der Waals surface area contributed by atoms with Crippen LogP contribution in [0.3, 0.4) is 0 Å². The second kappa shape index (κ2) is 6.61. The van der Waals surface area contributed by atoms with Crippen LogP contribution >= 0.6 is 45.2 Å². The number of hydrogen-bond donors (Lipinski definition) is 1. The van der Waals surface area contributed by atoms with Crippen molar-refractivity contribution < 1.29 is 9.66 Å². The Morgan fingerprint density at radius 2 is 1.93 bits per heavy atom. The van der Waals surface area contributed by atoms with Gasteiger partial charge < -0.3 is 10.1 Å². The Kier molecular flexibility index (Phi) is 4.65. The topological polar surface area (TPSA) is 64.4 Å². The minimum Gasteiger partial charge on any atom is -0.463 e. The Hall–Kier alpha value is -1.36. The Bertz CT molecular complexity index is 987. The zero-order valence-electron chi connectivity index (χ0n) is 14.9. The molecule has 1 N–H and O–H groups in total. The van der Waals surface area contributed by atoms with Crippen molar-refractivity contribution in [2.75, 3.05) is 5.32 Å². The number of rotatable bonds is 3. The van der Waals surface area contributed by atoms with Gasteiger partial charge in [0.1, 0.15) is 5.75 Å². The van der Waals surface area contributed by atoms with E-state index in [1.165, 1.54) is 11.1 Å². The second-order valence-corrected chi connectivity index (χ2v) is 8.83. The third-order valence-electron chi connectivity index (χ3n) is 5.46. The van der Waals surface area contributed by atoms with E-state index in [2.05, 4.69) is 82.5 Å². The van der Waals surface area contributed by atoms with Gasteiger partial charge in [0.2, 0.25) is 5.72 Å². The van der Waals surface area contributed by atoms with Crippen molar-refractivity contribution in [1.29, 1.82) is 0 Å². The highest BCUT2D eigenvalue weighted by molar-refractivity contribution is 14.1. The largest absolute Gasteiger partial charge is 0.463 e. The van der Waals surface area contributed by atoms with E-state index in [-0.39, 0.29) is 16.0 Å². The van der Waals surface area contributed by atoms with Crippen LogP contribution in [0, 0.1) is 10.1 Å². The van der Waals surface area contributed by atoms with E-state index in [0.717, 1.165) is 27.0 Å². The number of benzene rings is 2. The molecule has 4 rings (SSSR count). The summed E-state index contributed by atoms with van der Waals surface area (Å²) < 4.78 is 8.17. The first-order chi connectivity index (χ1) is 12.8. The van der Waals surface area contributed by atoms with E-state index in [1.807, 2.05) is 12.2 Å². The lowest BCUT2D eigenvalue weighted by molar-refractivity contribution is -0.384. The first kappa shape index (κ1) is 19.0. The number of fused-ring (bicyclic) bond motifs is 2.